The van der Waals surface area contributed by atoms with Gasteiger partial charge in [0.25, 0.3) is 0 Å². The van der Waals surface area contributed by atoms with Gasteiger partial charge in [0.15, 0.2) is 5.60 Å². The zero-order chi connectivity index (χ0) is 12.2. The number of carboxylic acid groups (broad SMARTS) is 1. The first kappa shape index (κ1) is 13.8. The van der Waals surface area contributed by atoms with Crippen LogP contribution in [0.15, 0.2) is 0 Å². The smallest absolute Gasteiger partial charge is 0.336 e. The van der Waals surface area contributed by atoms with Crippen molar-refractivity contribution in [2.24, 2.45) is 0 Å². The molecule has 0 saturated heterocycles. The summed E-state index contributed by atoms with van der Waals surface area (Å²) in [6.07, 6.45) is 3.34. The third-order valence-corrected chi connectivity index (χ3v) is 4.22. The van der Waals surface area contributed by atoms with Gasteiger partial charge in [-0.3, -0.25) is 0 Å². The summed E-state index contributed by atoms with van der Waals surface area (Å²) in [5, 5.41) is 22.2. The van der Waals surface area contributed by atoms with Crippen LogP contribution in [0.3, 0.4) is 0 Å². The number of rotatable bonds is 6. The number of aliphatic hydroxyl groups is 1. The van der Waals surface area contributed by atoms with Gasteiger partial charge in [0.05, 0.1) is 0 Å². The molecule has 94 valence electrons. The average molecular weight is 247 g/mol. The van der Waals surface area contributed by atoms with Crippen molar-refractivity contribution >= 4 is 17.7 Å². The number of carbonyl (C=O) groups is 1. The summed E-state index contributed by atoms with van der Waals surface area (Å²) < 4.78 is 0. The summed E-state index contributed by atoms with van der Waals surface area (Å²) in [5.74, 6) is -0.0398. The van der Waals surface area contributed by atoms with Gasteiger partial charge < -0.3 is 15.5 Å². The van der Waals surface area contributed by atoms with Crippen molar-refractivity contribution in [1.29, 1.82) is 0 Å². The Morgan fingerprint density at radius 3 is 2.81 bits per heavy atom. The lowest BCUT2D eigenvalue weighted by Gasteiger charge is -2.21. The number of carboxylic acids is 1. The molecule has 0 aromatic rings. The van der Waals surface area contributed by atoms with Crippen molar-refractivity contribution < 1.29 is 15.0 Å². The van der Waals surface area contributed by atoms with E-state index < -0.39 is 11.6 Å². The molecule has 0 aromatic carbocycles. The number of hydrogen-bond donors (Lipinski definition) is 3. The Kier molecular flexibility index (Phi) is 5.08. The quantitative estimate of drug-likeness (QED) is 0.655. The number of thioether (sulfide) groups is 1. The molecule has 16 heavy (non-hydrogen) atoms. The molecule has 4 nitrogen and oxygen atoms in total. The van der Waals surface area contributed by atoms with Crippen LogP contribution in [0, 0.1) is 0 Å². The van der Waals surface area contributed by atoms with E-state index in [1.807, 2.05) is 11.8 Å². The van der Waals surface area contributed by atoms with E-state index in [4.69, 9.17) is 5.11 Å². The molecule has 1 rings (SSSR count). The maximum Gasteiger partial charge on any atom is 0.336 e. The van der Waals surface area contributed by atoms with E-state index in [1.54, 1.807) is 0 Å². The fourth-order valence-electron chi connectivity index (χ4n) is 1.93. The third-order valence-electron chi connectivity index (χ3n) is 2.98. The van der Waals surface area contributed by atoms with Gasteiger partial charge in [0, 0.05) is 17.8 Å². The predicted octanol–water partition coefficient (Wildman–Crippen LogP) is 1.09. The van der Waals surface area contributed by atoms with Crippen LogP contribution in [0.1, 0.15) is 33.1 Å². The zero-order valence-corrected chi connectivity index (χ0v) is 10.7. The zero-order valence-electron chi connectivity index (χ0n) is 9.90. The molecule has 0 aromatic heterocycles. The van der Waals surface area contributed by atoms with E-state index in [2.05, 4.69) is 12.2 Å². The highest BCUT2D eigenvalue weighted by atomic mass is 32.2. The van der Waals surface area contributed by atoms with Crippen molar-refractivity contribution in [3.8, 4) is 0 Å². The van der Waals surface area contributed by atoms with Crippen molar-refractivity contribution in [3.05, 3.63) is 0 Å². The van der Waals surface area contributed by atoms with E-state index in [-0.39, 0.29) is 6.54 Å². The van der Waals surface area contributed by atoms with E-state index >= 15 is 0 Å². The molecule has 0 aliphatic heterocycles. The summed E-state index contributed by atoms with van der Waals surface area (Å²) >= 11 is 1.96. The van der Waals surface area contributed by atoms with Gasteiger partial charge in [0.2, 0.25) is 0 Å². The standard InChI is InChI=1S/C11H21NO3S/c1-3-16-9-5-4-8(6-9)12-7-11(2,15)10(13)14/h8-9,12,15H,3-7H2,1-2H3,(H,13,14). The summed E-state index contributed by atoms with van der Waals surface area (Å²) in [5.41, 5.74) is -1.66. The Morgan fingerprint density at radius 2 is 2.25 bits per heavy atom. The lowest BCUT2D eigenvalue weighted by molar-refractivity contribution is -0.156. The van der Waals surface area contributed by atoms with Crippen LogP contribution in [0.5, 0.6) is 0 Å². The van der Waals surface area contributed by atoms with Gasteiger partial charge in [-0.1, -0.05) is 6.92 Å². The largest absolute Gasteiger partial charge is 0.479 e. The van der Waals surface area contributed by atoms with Crippen molar-refractivity contribution in [1.82, 2.24) is 5.32 Å². The first-order valence-corrected chi connectivity index (χ1v) is 6.81. The topological polar surface area (TPSA) is 69.6 Å². The van der Waals surface area contributed by atoms with Crippen molar-refractivity contribution in [2.75, 3.05) is 12.3 Å². The second-order valence-corrected chi connectivity index (χ2v) is 6.12. The molecule has 1 saturated carbocycles. The van der Waals surface area contributed by atoms with Crippen molar-refractivity contribution in [2.45, 2.75) is 50.0 Å². The highest BCUT2D eigenvalue weighted by Crippen LogP contribution is 2.29. The van der Waals surface area contributed by atoms with E-state index in [1.165, 1.54) is 13.3 Å². The molecule has 1 aliphatic rings. The fraction of sp³-hybridized carbons (Fsp3) is 0.909. The average Bonchev–Trinajstić information content (AvgIpc) is 2.63. The minimum absolute atomic E-state index is 0.122. The maximum absolute atomic E-state index is 10.7. The molecular formula is C11H21NO3S. The van der Waals surface area contributed by atoms with Gasteiger partial charge in [-0.05, 0) is 31.9 Å². The second-order valence-electron chi connectivity index (χ2n) is 4.55. The molecule has 1 aliphatic carbocycles. The van der Waals surface area contributed by atoms with Gasteiger partial charge in [0.1, 0.15) is 0 Å². The molecule has 0 radical (unpaired) electrons. The van der Waals surface area contributed by atoms with E-state index in [0.717, 1.165) is 18.6 Å². The first-order valence-electron chi connectivity index (χ1n) is 5.76. The minimum atomic E-state index is -1.66. The molecule has 0 bridgehead atoms. The highest BCUT2D eigenvalue weighted by molar-refractivity contribution is 7.99. The molecular weight excluding hydrogens is 226 g/mol. The van der Waals surface area contributed by atoms with Gasteiger partial charge in [-0.15, -0.1) is 0 Å². The summed E-state index contributed by atoms with van der Waals surface area (Å²) in [6.45, 7) is 3.60. The Labute approximate surface area is 101 Å². The maximum atomic E-state index is 10.7. The van der Waals surface area contributed by atoms with Crippen LogP contribution in [0.2, 0.25) is 0 Å². The Bertz CT molecular complexity index is 245. The van der Waals surface area contributed by atoms with Crippen LogP contribution >= 0.6 is 11.8 Å². The second kappa shape index (κ2) is 5.89. The van der Waals surface area contributed by atoms with E-state index in [0.29, 0.717) is 11.3 Å². The van der Waals surface area contributed by atoms with Crippen molar-refractivity contribution in [3.63, 3.8) is 0 Å². The highest BCUT2D eigenvalue weighted by Gasteiger charge is 2.32. The Hall–Kier alpha value is -0.260. The number of nitrogens with one attached hydrogen (secondary N) is 1. The normalized spacial score (nSPS) is 28.9. The molecule has 3 N–H and O–H groups in total. The molecule has 0 amide bonds. The SMILES string of the molecule is CCSC1CCC(NCC(C)(O)C(=O)O)C1. The van der Waals surface area contributed by atoms with Crippen LogP contribution in [-0.4, -0.2) is 45.4 Å². The summed E-state index contributed by atoms with van der Waals surface area (Å²) in [7, 11) is 0. The van der Waals surface area contributed by atoms with Gasteiger partial charge >= 0.3 is 5.97 Å². The molecule has 1 fully saturated rings. The summed E-state index contributed by atoms with van der Waals surface area (Å²) in [6, 6.07) is 0.356. The van der Waals surface area contributed by atoms with Gasteiger partial charge in [-0.25, -0.2) is 4.79 Å². The van der Waals surface area contributed by atoms with Crippen LogP contribution in [-0.2, 0) is 4.79 Å². The molecule has 3 atom stereocenters. The fourth-order valence-corrected chi connectivity index (χ4v) is 3.07. The Morgan fingerprint density at radius 1 is 1.56 bits per heavy atom. The van der Waals surface area contributed by atoms with Gasteiger partial charge in [-0.2, -0.15) is 11.8 Å². The van der Waals surface area contributed by atoms with Crippen LogP contribution in [0.4, 0.5) is 0 Å². The first-order chi connectivity index (χ1) is 7.45. The molecule has 3 unspecified atom stereocenters. The van der Waals surface area contributed by atoms with Crippen LogP contribution in [0.25, 0.3) is 0 Å². The molecule has 0 heterocycles. The number of hydrogen-bond acceptors (Lipinski definition) is 4. The summed E-state index contributed by atoms with van der Waals surface area (Å²) in [4.78, 5) is 10.7. The predicted molar refractivity (Wildman–Crippen MR) is 65.8 cm³/mol. The lowest BCUT2D eigenvalue weighted by atomic mass is 10.1. The van der Waals surface area contributed by atoms with E-state index in [9.17, 15) is 9.90 Å². The number of aliphatic carboxylic acids is 1. The van der Waals surface area contributed by atoms with Crippen LogP contribution < -0.4 is 5.32 Å². The lowest BCUT2D eigenvalue weighted by Crippen LogP contribution is -2.47. The minimum Gasteiger partial charge on any atom is -0.479 e. The monoisotopic (exact) mass is 247 g/mol. The third kappa shape index (κ3) is 3.96. The Balaban J connectivity index is 2.27. The molecule has 0 spiro atoms. The molecule has 5 heteroatoms.